The SMILES string of the molecule is CCCCCCCCOCc1cccnc1C(=O)O. The number of carbonyl (C=O) groups is 1. The third-order valence-electron chi connectivity index (χ3n) is 2.99. The normalized spacial score (nSPS) is 10.6. The molecule has 1 N–H and O–H groups in total. The molecule has 1 heterocycles. The summed E-state index contributed by atoms with van der Waals surface area (Å²) in [7, 11) is 0. The molecule has 0 amide bonds. The molecule has 0 bridgehead atoms. The Morgan fingerprint density at radius 3 is 2.74 bits per heavy atom. The molecule has 1 aromatic rings. The number of carboxylic acid groups (broad SMARTS) is 1. The van der Waals surface area contributed by atoms with Crippen LogP contribution in [0.4, 0.5) is 0 Å². The zero-order valence-electron chi connectivity index (χ0n) is 11.6. The van der Waals surface area contributed by atoms with Gasteiger partial charge >= 0.3 is 5.97 Å². The van der Waals surface area contributed by atoms with Crippen LogP contribution < -0.4 is 0 Å². The first kappa shape index (κ1) is 15.6. The number of aromatic nitrogens is 1. The minimum atomic E-state index is -1.00. The second kappa shape index (κ2) is 9.50. The molecule has 4 nitrogen and oxygen atoms in total. The summed E-state index contributed by atoms with van der Waals surface area (Å²) in [6.45, 7) is 3.21. The van der Waals surface area contributed by atoms with Crippen molar-refractivity contribution >= 4 is 5.97 Å². The van der Waals surface area contributed by atoms with Crippen molar-refractivity contribution in [2.24, 2.45) is 0 Å². The molecule has 0 aromatic carbocycles. The van der Waals surface area contributed by atoms with Gasteiger partial charge in [0.15, 0.2) is 5.69 Å². The van der Waals surface area contributed by atoms with Crippen LogP contribution in [0.3, 0.4) is 0 Å². The molecule has 0 unspecified atom stereocenters. The van der Waals surface area contributed by atoms with Gasteiger partial charge in [0.1, 0.15) is 0 Å². The summed E-state index contributed by atoms with van der Waals surface area (Å²) < 4.78 is 5.51. The van der Waals surface area contributed by atoms with Crippen LogP contribution in [0.25, 0.3) is 0 Å². The maximum absolute atomic E-state index is 10.9. The zero-order valence-corrected chi connectivity index (χ0v) is 11.6. The topological polar surface area (TPSA) is 59.4 Å². The van der Waals surface area contributed by atoms with Crippen LogP contribution in [-0.2, 0) is 11.3 Å². The van der Waals surface area contributed by atoms with Gasteiger partial charge in [-0.1, -0.05) is 45.1 Å². The van der Waals surface area contributed by atoms with Crippen LogP contribution in [0, 0.1) is 0 Å². The van der Waals surface area contributed by atoms with E-state index in [1.807, 2.05) is 0 Å². The maximum atomic E-state index is 10.9. The van der Waals surface area contributed by atoms with Gasteiger partial charge in [-0.2, -0.15) is 0 Å². The van der Waals surface area contributed by atoms with E-state index in [0.29, 0.717) is 18.8 Å². The lowest BCUT2D eigenvalue weighted by Crippen LogP contribution is -2.07. The number of rotatable bonds is 10. The van der Waals surface area contributed by atoms with Gasteiger partial charge in [0, 0.05) is 18.4 Å². The fourth-order valence-electron chi connectivity index (χ4n) is 1.91. The largest absolute Gasteiger partial charge is 0.477 e. The predicted octanol–water partition coefficient (Wildman–Crippen LogP) is 3.66. The Bertz CT molecular complexity index is 379. The monoisotopic (exact) mass is 265 g/mol. The molecule has 0 aliphatic rings. The molecule has 0 spiro atoms. The molecule has 1 aromatic heterocycles. The average molecular weight is 265 g/mol. The Labute approximate surface area is 114 Å². The van der Waals surface area contributed by atoms with Crippen molar-refractivity contribution in [3.63, 3.8) is 0 Å². The molecule has 19 heavy (non-hydrogen) atoms. The summed E-state index contributed by atoms with van der Waals surface area (Å²) in [4.78, 5) is 14.8. The van der Waals surface area contributed by atoms with Gasteiger partial charge in [-0.05, 0) is 12.5 Å². The predicted molar refractivity (Wildman–Crippen MR) is 74.2 cm³/mol. The summed E-state index contributed by atoms with van der Waals surface area (Å²) in [6, 6.07) is 3.48. The maximum Gasteiger partial charge on any atom is 0.354 e. The number of hydrogen-bond donors (Lipinski definition) is 1. The van der Waals surface area contributed by atoms with Crippen molar-refractivity contribution in [1.29, 1.82) is 0 Å². The van der Waals surface area contributed by atoms with E-state index in [4.69, 9.17) is 9.84 Å². The third kappa shape index (κ3) is 6.34. The highest BCUT2D eigenvalue weighted by Crippen LogP contribution is 2.09. The number of pyridine rings is 1. The summed E-state index contributed by atoms with van der Waals surface area (Å²) in [5, 5.41) is 8.97. The molecule has 0 saturated carbocycles. The first-order valence-corrected chi connectivity index (χ1v) is 7.00. The molecule has 1 rings (SSSR count). The standard InChI is InChI=1S/C15H23NO3/c1-2-3-4-5-6-7-11-19-12-13-9-8-10-16-14(13)15(17)18/h8-10H,2-7,11-12H2,1H3,(H,17,18). The van der Waals surface area contributed by atoms with Gasteiger partial charge in [-0.15, -0.1) is 0 Å². The van der Waals surface area contributed by atoms with Crippen molar-refractivity contribution < 1.29 is 14.6 Å². The van der Waals surface area contributed by atoms with Crippen molar-refractivity contribution in [3.05, 3.63) is 29.6 Å². The van der Waals surface area contributed by atoms with Crippen molar-refractivity contribution in [2.45, 2.75) is 52.1 Å². The lowest BCUT2D eigenvalue weighted by molar-refractivity contribution is 0.0679. The summed E-state index contributed by atoms with van der Waals surface area (Å²) in [6.07, 6.45) is 8.81. The fourth-order valence-corrected chi connectivity index (χ4v) is 1.91. The zero-order chi connectivity index (χ0) is 13.9. The van der Waals surface area contributed by atoms with E-state index in [1.165, 1.54) is 38.3 Å². The van der Waals surface area contributed by atoms with Crippen LogP contribution in [-0.4, -0.2) is 22.7 Å². The molecule has 0 radical (unpaired) electrons. The minimum absolute atomic E-state index is 0.0884. The molecule has 0 aliphatic heterocycles. The first-order chi connectivity index (χ1) is 9.25. The van der Waals surface area contributed by atoms with Crippen LogP contribution in [0.15, 0.2) is 18.3 Å². The van der Waals surface area contributed by atoms with Gasteiger partial charge in [0.2, 0.25) is 0 Å². The number of aromatic carboxylic acids is 1. The number of nitrogens with zero attached hydrogens (tertiary/aromatic N) is 1. The van der Waals surface area contributed by atoms with E-state index < -0.39 is 5.97 Å². The van der Waals surface area contributed by atoms with Crippen LogP contribution in [0.1, 0.15) is 61.5 Å². The molecule has 106 valence electrons. The highest BCUT2D eigenvalue weighted by molar-refractivity contribution is 5.86. The van der Waals surface area contributed by atoms with Gasteiger partial charge in [0.25, 0.3) is 0 Å². The second-order valence-corrected chi connectivity index (χ2v) is 4.64. The molecule has 0 fully saturated rings. The third-order valence-corrected chi connectivity index (χ3v) is 2.99. The minimum Gasteiger partial charge on any atom is -0.477 e. The Balaban J connectivity index is 2.17. The highest BCUT2D eigenvalue weighted by Gasteiger charge is 2.10. The van der Waals surface area contributed by atoms with Crippen molar-refractivity contribution in [1.82, 2.24) is 4.98 Å². The lowest BCUT2D eigenvalue weighted by atomic mass is 10.1. The molecular formula is C15H23NO3. The Kier molecular flexibility index (Phi) is 7.82. The van der Waals surface area contributed by atoms with Crippen molar-refractivity contribution in [3.8, 4) is 0 Å². The number of carboxylic acids is 1. The van der Waals surface area contributed by atoms with E-state index >= 15 is 0 Å². The molecular weight excluding hydrogens is 242 g/mol. The Morgan fingerprint density at radius 1 is 1.26 bits per heavy atom. The number of unbranched alkanes of at least 4 members (excludes halogenated alkanes) is 5. The number of hydrogen-bond acceptors (Lipinski definition) is 3. The van der Waals surface area contributed by atoms with Crippen molar-refractivity contribution in [2.75, 3.05) is 6.61 Å². The molecule has 0 saturated heterocycles. The van der Waals surface area contributed by atoms with E-state index in [9.17, 15) is 4.79 Å². The van der Waals surface area contributed by atoms with E-state index in [1.54, 1.807) is 12.1 Å². The first-order valence-electron chi connectivity index (χ1n) is 7.00. The lowest BCUT2D eigenvalue weighted by Gasteiger charge is -2.06. The smallest absolute Gasteiger partial charge is 0.354 e. The summed E-state index contributed by atoms with van der Waals surface area (Å²) in [5.41, 5.74) is 0.728. The summed E-state index contributed by atoms with van der Waals surface area (Å²) in [5.74, 6) is -1.00. The van der Waals surface area contributed by atoms with Gasteiger partial charge in [-0.3, -0.25) is 0 Å². The van der Waals surface area contributed by atoms with Crippen LogP contribution in [0.2, 0.25) is 0 Å². The Hall–Kier alpha value is -1.42. The van der Waals surface area contributed by atoms with Crippen LogP contribution >= 0.6 is 0 Å². The van der Waals surface area contributed by atoms with E-state index in [2.05, 4.69) is 11.9 Å². The highest BCUT2D eigenvalue weighted by atomic mass is 16.5. The average Bonchev–Trinajstić information content (AvgIpc) is 2.42. The molecule has 0 atom stereocenters. The molecule has 0 aliphatic carbocycles. The van der Waals surface area contributed by atoms with E-state index in [-0.39, 0.29) is 5.69 Å². The van der Waals surface area contributed by atoms with Gasteiger partial charge in [-0.25, -0.2) is 9.78 Å². The quantitative estimate of drug-likeness (QED) is 0.656. The number of ether oxygens (including phenoxy) is 1. The Morgan fingerprint density at radius 2 is 2.00 bits per heavy atom. The second-order valence-electron chi connectivity index (χ2n) is 4.64. The van der Waals surface area contributed by atoms with Gasteiger partial charge < -0.3 is 9.84 Å². The fraction of sp³-hybridized carbons (Fsp3) is 0.600. The van der Waals surface area contributed by atoms with Crippen LogP contribution in [0.5, 0.6) is 0 Å². The molecule has 4 heteroatoms. The summed E-state index contributed by atoms with van der Waals surface area (Å²) >= 11 is 0. The van der Waals surface area contributed by atoms with E-state index in [0.717, 1.165) is 6.42 Å². The van der Waals surface area contributed by atoms with Gasteiger partial charge in [0.05, 0.1) is 6.61 Å².